The maximum atomic E-state index is 13.5. The predicted octanol–water partition coefficient (Wildman–Crippen LogP) is 3.36. The third-order valence-corrected chi connectivity index (χ3v) is 2.12. The molecule has 0 aromatic heterocycles. The van der Waals surface area contributed by atoms with Gasteiger partial charge in [0.05, 0.1) is 19.1 Å². The van der Waals surface area contributed by atoms with E-state index in [1.807, 2.05) is 0 Å². The van der Waals surface area contributed by atoms with Gasteiger partial charge >= 0.3 is 6.18 Å². The average Bonchev–Trinajstić information content (AvgIpc) is 2.25. The number of ether oxygens (including phenoxy) is 1. The molecule has 0 heterocycles. The van der Waals surface area contributed by atoms with Crippen LogP contribution in [0.5, 0.6) is 5.75 Å². The molecule has 0 saturated carbocycles. The first-order chi connectivity index (χ1) is 7.85. The number of carbonyl (C=O) groups excluding carboxylic acids is 1. The number of hydrogen-bond donors (Lipinski definition) is 0. The van der Waals surface area contributed by atoms with Crippen LogP contribution in [0.25, 0.3) is 0 Å². The highest BCUT2D eigenvalue weighted by molar-refractivity contribution is 5.96. The van der Waals surface area contributed by atoms with Crippen molar-refractivity contribution < 1.29 is 27.1 Å². The number of carbonyl (C=O) groups is 1. The van der Waals surface area contributed by atoms with Crippen LogP contribution < -0.4 is 4.74 Å². The number of rotatable bonds is 4. The van der Waals surface area contributed by atoms with Gasteiger partial charge in [0.2, 0.25) is 0 Å². The lowest BCUT2D eigenvalue weighted by molar-refractivity contribution is -0.133. The third kappa shape index (κ3) is 3.72. The minimum atomic E-state index is -4.43. The fraction of sp³-hybridized carbons (Fsp3) is 0.364. The van der Waals surface area contributed by atoms with Crippen LogP contribution in [0.3, 0.4) is 0 Å². The zero-order chi connectivity index (χ0) is 13.1. The minimum absolute atomic E-state index is 0.164. The molecule has 0 saturated heterocycles. The van der Waals surface area contributed by atoms with E-state index in [2.05, 4.69) is 4.74 Å². The summed E-state index contributed by atoms with van der Waals surface area (Å²) in [6.07, 6.45) is -6.46. The van der Waals surface area contributed by atoms with Gasteiger partial charge in [-0.1, -0.05) is 6.07 Å². The first-order valence-electron chi connectivity index (χ1n) is 4.77. The van der Waals surface area contributed by atoms with Crippen LogP contribution >= 0.6 is 0 Å². The maximum Gasteiger partial charge on any atom is 0.389 e. The highest BCUT2D eigenvalue weighted by Crippen LogP contribution is 2.25. The van der Waals surface area contributed by atoms with Crippen molar-refractivity contribution >= 4 is 5.78 Å². The highest BCUT2D eigenvalue weighted by Gasteiger charge is 2.29. The summed E-state index contributed by atoms with van der Waals surface area (Å²) in [6, 6.07) is 3.77. The summed E-state index contributed by atoms with van der Waals surface area (Å²) < 4.78 is 53.9. The van der Waals surface area contributed by atoms with Crippen LogP contribution in [0, 0.1) is 5.82 Å². The second-order valence-corrected chi connectivity index (χ2v) is 3.36. The van der Waals surface area contributed by atoms with Crippen LogP contribution in [0.15, 0.2) is 18.2 Å². The minimum Gasteiger partial charge on any atom is -0.494 e. The van der Waals surface area contributed by atoms with Crippen LogP contribution in [0.4, 0.5) is 17.6 Å². The third-order valence-electron chi connectivity index (χ3n) is 2.12. The second kappa shape index (κ2) is 5.16. The SMILES string of the molecule is COc1cccc(C(=O)CCC(F)(F)F)c1F. The normalized spacial score (nSPS) is 11.4. The molecular weight excluding hydrogens is 240 g/mol. The Labute approximate surface area is 95.2 Å². The number of benzene rings is 1. The van der Waals surface area contributed by atoms with Crippen LogP contribution in [0.1, 0.15) is 23.2 Å². The van der Waals surface area contributed by atoms with E-state index in [4.69, 9.17) is 0 Å². The summed E-state index contributed by atoms with van der Waals surface area (Å²) in [6.45, 7) is 0. The topological polar surface area (TPSA) is 26.3 Å². The molecule has 0 aliphatic rings. The summed E-state index contributed by atoms with van der Waals surface area (Å²) in [7, 11) is 1.21. The lowest BCUT2D eigenvalue weighted by atomic mass is 10.1. The van der Waals surface area contributed by atoms with E-state index in [0.717, 1.165) is 6.07 Å². The standard InChI is InChI=1S/C11H10F4O2/c1-17-9-4-2-3-7(10(9)12)8(16)5-6-11(13,14)15/h2-4H,5-6H2,1H3. The Balaban J connectivity index is 2.83. The molecule has 1 aromatic rings. The second-order valence-electron chi connectivity index (χ2n) is 3.36. The number of Topliss-reactive ketones (excluding diaryl/α,β-unsaturated/α-hetero) is 1. The molecule has 6 heteroatoms. The molecule has 1 rings (SSSR count). The van der Waals surface area contributed by atoms with E-state index < -0.39 is 30.6 Å². The quantitative estimate of drug-likeness (QED) is 0.605. The van der Waals surface area contributed by atoms with Crippen LogP contribution in [-0.4, -0.2) is 19.1 Å². The van der Waals surface area contributed by atoms with Gasteiger partial charge in [-0.3, -0.25) is 4.79 Å². The number of hydrogen-bond acceptors (Lipinski definition) is 2. The highest BCUT2D eigenvalue weighted by atomic mass is 19.4. The molecule has 0 amide bonds. The molecule has 0 bridgehead atoms. The van der Waals surface area contributed by atoms with Crippen molar-refractivity contribution in [3.63, 3.8) is 0 Å². The van der Waals surface area contributed by atoms with E-state index in [-0.39, 0.29) is 11.3 Å². The molecule has 0 aliphatic heterocycles. The fourth-order valence-corrected chi connectivity index (χ4v) is 1.27. The maximum absolute atomic E-state index is 13.5. The van der Waals surface area contributed by atoms with Gasteiger partial charge in [0.25, 0.3) is 0 Å². The Hall–Kier alpha value is -1.59. The van der Waals surface area contributed by atoms with E-state index >= 15 is 0 Å². The van der Waals surface area contributed by atoms with Crippen molar-refractivity contribution in [2.45, 2.75) is 19.0 Å². The Kier molecular flexibility index (Phi) is 4.09. The van der Waals surface area contributed by atoms with E-state index in [9.17, 15) is 22.4 Å². The molecule has 1 aromatic carbocycles. The summed E-state index contributed by atoms with van der Waals surface area (Å²) in [4.78, 5) is 11.4. The van der Waals surface area contributed by atoms with Gasteiger partial charge in [0.1, 0.15) is 0 Å². The molecule has 0 fully saturated rings. The monoisotopic (exact) mass is 250 g/mol. The first kappa shape index (κ1) is 13.5. The molecule has 0 spiro atoms. The smallest absolute Gasteiger partial charge is 0.389 e. The Morgan fingerprint density at radius 3 is 2.53 bits per heavy atom. The molecule has 0 aliphatic carbocycles. The first-order valence-corrected chi connectivity index (χ1v) is 4.77. The molecule has 0 unspecified atom stereocenters. The van der Waals surface area contributed by atoms with Gasteiger partial charge in [-0.25, -0.2) is 4.39 Å². The van der Waals surface area contributed by atoms with E-state index in [1.54, 1.807) is 0 Å². The molecule has 0 N–H and O–H groups in total. The molecule has 94 valence electrons. The van der Waals surface area contributed by atoms with Gasteiger partial charge in [-0.2, -0.15) is 13.2 Å². The van der Waals surface area contributed by atoms with Gasteiger partial charge in [0, 0.05) is 6.42 Å². The summed E-state index contributed by atoms with van der Waals surface area (Å²) in [5.41, 5.74) is -0.381. The Bertz CT molecular complexity index is 412. The van der Waals surface area contributed by atoms with Gasteiger partial charge in [-0.15, -0.1) is 0 Å². The van der Waals surface area contributed by atoms with Crippen molar-refractivity contribution in [3.05, 3.63) is 29.6 Å². The summed E-state index contributed by atoms with van der Waals surface area (Å²) in [5.74, 6) is -1.98. The van der Waals surface area contributed by atoms with Crippen molar-refractivity contribution in [3.8, 4) is 5.75 Å². The molecular formula is C11H10F4O2. The molecule has 2 nitrogen and oxygen atoms in total. The Morgan fingerprint density at radius 1 is 1.35 bits per heavy atom. The number of methoxy groups -OCH3 is 1. The number of halogens is 4. The van der Waals surface area contributed by atoms with Crippen molar-refractivity contribution in [2.24, 2.45) is 0 Å². The molecule has 0 radical (unpaired) electrons. The average molecular weight is 250 g/mol. The number of alkyl halides is 3. The Morgan fingerprint density at radius 2 is 2.00 bits per heavy atom. The molecule has 17 heavy (non-hydrogen) atoms. The zero-order valence-electron chi connectivity index (χ0n) is 8.97. The van der Waals surface area contributed by atoms with E-state index in [1.165, 1.54) is 19.2 Å². The predicted molar refractivity (Wildman–Crippen MR) is 52.6 cm³/mol. The van der Waals surface area contributed by atoms with Crippen molar-refractivity contribution in [1.82, 2.24) is 0 Å². The van der Waals surface area contributed by atoms with Gasteiger partial charge in [0.15, 0.2) is 17.3 Å². The van der Waals surface area contributed by atoms with Crippen molar-refractivity contribution in [1.29, 1.82) is 0 Å². The lowest BCUT2D eigenvalue weighted by Crippen LogP contribution is -2.12. The lowest BCUT2D eigenvalue weighted by Gasteiger charge is -2.08. The summed E-state index contributed by atoms with van der Waals surface area (Å²) in [5, 5.41) is 0. The van der Waals surface area contributed by atoms with Crippen LogP contribution in [-0.2, 0) is 0 Å². The summed E-state index contributed by atoms with van der Waals surface area (Å²) >= 11 is 0. The number of ketones is 1. The largest absolute Gasteiger partial charge is 0.494 e. The zero-order valence-corrected chi connectivity index (χ0v) is 8.97. The van der Waals surface area contributed by atoms with Crippen molar-refractivity contribution in [2.75, 3.05) is 7.11 Å². The van der Waals surface area contributed by atoms with E-state index in [0.29, 0.717) is 0 Å². The fourth-order valence-electron chi connectivity index (χ4n) is 1.27. The van der Waals surface area contributed by atoms with Gasteiger partial charge < -0.3 is 4.74 Å². The van der Waals surface area contributed by atoms with Crippen LogP contribution in [0.2, 0.25) is 0 Å². The molecule has 0 atom stereocenters. The van der Waals surface area contributed by atoms with Gasteiger partial charge in [-0.05, 0) is 12.1 Å².